The summed E-state index contributed by atoms with van der Waals surface area (Å²) in [7, 11) is 0. The Hall–Kier alpha value is -2.57. The van der Waals surface area contributed by atoms with Crippen molar-refractivity contribution in [3.8, 4) is 0 Å². The lowest BCUT2D eigenvalue weighted by Gasteiger charge is -2.01. The molecule has 0 aromatic carbocycles. The van der Waals surface area contributed by atoms with E-state index in [2.05, 4.69) is 0 Å². The quantitative estimate of drug-likeness (QED) is 0.433. The van der Waals surface area contributed by atoms with Crippen LogP contribution in [0, 0.1) is 0 Å². The van der Waals surface area contributed by atoms with Crippen molar-refractivity contribution in [3.63, 3.8) is 0 Å². The van der Waals surface area contributed by atoms with E-state index in [1.807, 2.05) is 0 Å². The van der Waals surface area contributed by atoms with Crippen LogP contribution >= 0.6 is 0 Å². The van der Waals surface area contributed by atoms with Crippen molar-refractivity contribution in [2.24, 2.45) is 0 Å². The van der Waals surface area contributed by atoms with Crippen molar-refractivity contribution >= 4 is 24.0 Å². The predicted molar refractivity (Wildman–Crippen MR) is 76.3 cm³/mol. The number of rotatable bonds is 7. The van der Waals surface area contributed by atoms with Gasteiger partial charge in [-0.2, -0.15) is 0 Å². The van der Waals surface area contributed by atoms with Gasteiger partial charge in [-0.15, -0.1) is 0 Å². The summed E-state index contributed by atoms with van der Waals surface area (Å²) in [4.78, 5) is 34.9. The average molecular weight is 310 g/mol. The summed E-state index contributed by atoms with van der Waals surface area (Å²) in [5.74, 6) is -2.16. The van der Waals surface area contributed by atoms with Crippen LogP contribution in [-0.2, 0) is 19.0 Å². The number of ether oxygens (including phenoxy) is 3. The van der Waals surface area contributed by atoms with E-state index in [-0.39, 0.29) is 36.9 Å². The van der Waals surface area contributed by atoms with Gasteiger partial charge in [-0.25, -0.2) is 14.4 Å². The van der Waals surface area contributed by atoms with Gasteiger partial charge < -0.3 is 18.6 Å². The van der Waals surface area contributed by atoms with Gasteiger partial charge in [-0.05, 0) is 32.9 Å². The van der Waals surface area contributed by atoms with Crippen molar-refractivity contribution in [3.05, 3.63) is 29.2 Å². The van der Waals surface area contributed by atoms with Crippen molar-refractivity contribution < 1.29 is 33.0 Å². The van der Waals surface area contributed by atoms with Gasteiger partial charge in [0.2, 0.25) is 5.76 Å². The molecule has 1 heterocycles. The lowest BCUT2D eigenvalue weighted by Crippen LogP contribution is -2.11. The van der Waals surface area contributed by atoms with E-state index >= 15 is 0 Å². The van der Waals surface area contributed by atoms with Crippen LogP contribution in [0.3, 0.4) is 0 Å². The zero-order chi connectivity index (χ0) is 16.5. The summed E-state index contributed by atoms with van der Waals surface area (Å²) in [6.45, 7) is 5.48. The van der Waals surface area contributed by atoms with E-state index < -0.39 is 17.9 Å². The highest BCUT2D eigenvalue weighted by Gasteiger charge is 2.25. The maximum Gasteiger partial charge on any atom is 0.375 e. The monoisotopic (exact) mass is 310 g/mol. The molecule has 7 nitrogen and oxygen atoms in total. The fourth-order valence-corrected chi connectivity index (χ4v) is 1.54. The van der Waals surface area contributed by atoms with Crippen LogP contribution in [0.25, 0.3) is 6.08 Å². The van der Waals surface area contributed by atoms with E-state index in [1.54, 1.807) is 20.8 Å². The maximum atomic E-state index is 11.8. The third-order valence-corrected chi connectivity index (χ3v) is 2.38. The first-order valence-electron chi connectivity index (χ1n) is 6.86. The van der Waals surface area contributed by atoms with Crippen LogP contribution < -0.4 is 0 Å². The number of hydrogen-bond donors (Lipinski definition) is 0. The summed E-state index contributed by atoms with van der Waals surface area (Å²) < 4.78 is 19.6. The highest BCUT2D eigenvalue weighted by Crippen LogP contribution is 2.19. The molecule has 0 bridgehead atoms. The van der Waals surface area contributed by atoms with Gasteiger partial charge in [0, 0.05) is 6.08 Å². The fourth-order valence-electron chi connectivity index (χ4n) is 1.54. The molecule has 1 rings (SSSR count). The largest absolute Gasteiger partial charge is 0.463 e. The SMILES string of the molecule is CCOC(=O)/C=C/c1cc(C(=O)OCC)c(C(=O)OCC)o1. The summed E-state index contributed by atoms with van der Waals surface area (Å²) in [5, 5.41) is 0. The molecule has 0 aliphatic carbocycles. The van der Waals surface area contributed by atoms with Gasteiger partial charge in [0.25, 0.3) is 0 Å². The van der Waals surface area contributed by atoms with Crippen LogP contribution in [0.2, 0.25) is 0 Å². The van der Waals surface area contributed by atoms with Gasteiger partial charge in [0.15, 0.2) is 0 Å². The Morgan fingerprint density at radius 2 is 1.59 bits per heavy atom. The molecule has 0 fully saturated rings. The molecule has 22 heavy (non-hydrogen) atoms. The molecule has 0 N–H and O–H groups in total. The minimum atomic E-state index is -0.777. The fraction of sp³-hybridized carbons (Fsp3) is 0.400. The molecule has 7 heteroatoms. The van der Waals surface area contributed by atoms with Crippen molar-refractivity contribution in [2.75, 3.05) is 19.8 Å². The Labute approximate surface area is 127 Å². The molecule has 0 saturated heterocycles. The van der Waals surface area contributed by atoms with Crippen LogP contribution in [0.15, 0.2) is 16.6 Å². The summed E-state index contributed by atoms with van der Waals surface area (Å²) in [6, 6.07) is 1.31. The zero-order valence-corrected chi connectivity index (χ0v) is 12.7. The van der Waals surface area contributed by atoms with Crippen molar-refractivity contribution in [2.45, 2.75) is 20.8 Å². The van der Waals surface area contributed by atoms with Crippen LogP contribution in [0.5, 0.6) is 0 Å². The number of carbonyl (C=O) groups excluding carboxylic acids is 3. The van der Waals surface area contributed by atoms with E-state index in [0.29, 0.717) is 0 Å². The van der Waals surface area contributed by atoms with Crippen molar-refractivity contribution in [1.29, 1.82) is 0 Å². The van der Waals surface area contributed by atoms with Gasteiger partial charge >= 0.3 is 17.9 Å². The van der Waals surface area contributed by atoms with E-state index in [1.165, 1.54) is 12.1 Å². The summed E-state index contributed by atoms with van der Waals surface area (Å²) in [6.07, 6.45) is 2.43. The molecule has 1 aromatic heterocycles. The first kappa shape index (κ1) is 17.5. The highest BCUT2D eigenvalue weighted by molar-refractivity contribution is 6.02. The molecule has 120 valence electrons. The van der Waals surface area contributed by atoms with Gasteiger partial charge in [0.05, 0.1) is 19.8 Å². The lowest BCUT2D eigenvalue weighted by atomic mass is 10.2. The normalized spacial score (nSPS) is 10.5. The molecule has 0 unspecified atom stereocenters. The third kappa shape index (κ3) is 4.76. The Morgan fingerprint density at radius 1 is 1.00 bits per heavy atom. The molecular weight excluding hydrogens is 292 g/mol. The third-order valence-electron chi connectivity index (χ3n) is 2.38. The molecule has 0 aliphatic rings. The number of esters is 3. The molecule has 0 radical (unpaired) electrons. The van der Waals surface area contributed by atoms with Crippen LogP contribution in [-0.4, -0.2) is 37.7 Å². The minimum absolute atomic E-state index is 0.0520. The Kier molecular flexibility index (Phi) is 6.88. The minimum Gasteiger partial charge on any atom is -0.463 e. The molecule has 0 spiro atoms. The topological polar surface area (TPSA) is 92.0 Å². The van der Waals surface area contributed by atoms with E-state index in [4.69, 9.17) is 18.6 Å². The first-order valence-corrected chi connectivity index (χ1v) is 6.86. The number of hydrogen-bond acceptors (Lipinski definition) is 7. The lowest BCUT2D eigenvalue weighted by molar-refractivity contribution is -0.137. The zero-order valence-electron chi connectivity index (χ0n) is 12.7. The first-order chi connectivity index (χ1) is 10.5. The molecular formula is C15H18O7. The van der Waals surface area contributed by atoms with Gasteiger partial charge in [0.1, 0.15) is 11.3 Å². The van der Waals surface area contributed by atoms with Gasteiger partial charge in [-0.3, -0.25) is 0 Å². The molecule has 0 atom stereocenters. The standard InChI is InChI=1S/C15H18O7/c1-4-19-12(16)8-7-10-9-11(14(17)20-5-2)13(22-10)15(18)21-6-3/h7-9H,4-6H2,1-3H3/b8-7+. The molecule has 0 aliphatic heterocycles. The Morgan fingerprint density at radius 3 is 2.18 bits per heavy atom. The second kappa shape index (κ2) is 8.66. The van der Waals surface area contributed by atoms with Crippen LogP contribution in [0.1, 0.15) is 47.4 Å². The van der Waals surface area contributed by atoms with E-state index in [9.17, 15) is 14.4 Å². The van der Waals surface area contributed by atoms with Crippen LogP contribution in [0.4, 0.5) is 0 Å². The van der Waals surface area contributed by atoms with Gasteiger partial charge in [-0.1, -0.05) is 0 Å². The maximum absolute atomic E-state index is 11.8. The molecule has 1 aromatic rings. The molecule has 0 amide bonds. The summed E-state index contributed by atoms with van der Waals surface area (Å²) in [5.41, 5.74) is -0.0520. The molecule has 0 saturated carbocycles. The number of furan rings is 1. The summed E-state index contributed by atoms with van der Waals surface area (Å²) >= 11 is 0. The van der Waals surface area contributed by atoms with E-state index in [0.717, 1.165) is 6.08 Å². The Bertz CT molecular complexity index is 533. The number of carbonyl (C=O) groups is 3. The second-order valence-electron chi connectivity index (χ2n) is 3.92. The highest BCUT2D eigenvalue weighted by atomic mass is 16.6. The smallest absolute Gasteiger partial charge is 0.375 e. The Balaban J connectivity index is 3.06. The second-order valence-corrected chi connectivity index (χ2v) is 3.92. The van der Waals surface area contributed by atoms with Crippen molar-refractivity contribution in [1.82, 2.24) is 0 Å². The average Bonchev–Trinajstić information content (AvgIpc) is 2.90. The predicted octanol–water partition coefficient (Wildman–Crippen LogP) is 2.21.